The molecule has 3 unspecified atom stereocenters. The van der Waals surface area contributed by atoms with Crippen molar-refractivity contribution in [1.29, 1.82) is 0 Å². The summed E-state index contributed by atoms with van der Waals surface area (Å²) >= 11 is 0. The summed E-state index contributed by atoms with van der Waals surface area (Å²) in [5, 5.41) is 0. The molecule has 0 aromatic heterocycles. The summed E-state index contributed by atoms with van der Waals surface area (Å²) in [6, 6.07) is 0. The van der Waals surface area contributed by atoms with Crippen LogP contribution in [-0.2, 0) is 0 Å². The highest BCUT2D eigenvalue weighted by Crippen LogP contribution is 2.69. The molecule has 0 nitrogen and oxygen atoms in total. The molecule has 0 aromatic rings. The fraction of sp³-hybridized carbons (Fsp3) is 1.00. The third kappa shape index (κ3) is 0.810. The van der Waals surface area contributed by atoms with Gasteiger partial charge in [0.1, 0.15) is 0 Å². The average Bonchev–Trinajstić information content (AvgIpc) is 2.40. The van der Waals surface area contributed by atoms with E-state index in [0.29, 0.717) is 0 Å². The second-order valence-electron chi connectivity index (χ2n) is 5.06. The molecule has 0 aromatic carbocycles. The Labute approximate surface area is 64.0 Å². The zero-order valence-corrected chi connectivity index (χ0v) is 7.35. The van der Waals surface area contributed by atoms with Gasteiger partial charge in [0.25, 0.3) is 0 Å². The lowest BCUT2D eigenvalue weighted by molar-refractivity contribution is 0.105. The van der Waals surface area contributed by atoms with Crippen molar-refractivity contribution in [2.75, 3.05) is 0 Å². The first kappa shape index (κ1) is 6.69. The molecular weight excluding hydrogens is 120 g/mol. The number of hydrogen-bond acceptors (Lipinski definition) is 0. The Bertz CT molecular complexity index is 148. The smallest absolute Gasteiger partial charge is 0.0290 e. The van der Waals surface area contributed by atoms with Crippen LogP contribution < -0.4 is 0 Å². The van der Waals surface area contributed by atoms with Crippen LogP contribution in [0, 0.1) is 23.2 Å². The van der Waals surface area contributed by atoms with Crippen LogP contribution in [0.1, 0.15) is 40.0 Å². The molecule has 2 fully saturated rings. The molecule has 2 aliphatic rings. The lowest BCUT2D eigenvalue weighted by Gasteiger charge is -2.39. The minimum Gasteiger partial charge on any atom is -0.0628 e. The van der Waals surface area contributed by atoms with Gasteiger partial charge in [-0.2, -0.15) is 0 Å². The molecule has 0 aliphatic heterocycles. The Morgan fingerprint density at radius 2 is 2.20 bits per heavy atom. The maximum Gasteiger partial charge on any atom is -0.0290 e. The van der Waals surface area contributed by atoms with Crippen molar-refractivity contribution in [2.45, 2.75) is 40.0 Å². The van der Waals surface area contributed by atoms with E-state index in [-0.39, 0.29) is 0 Å². The van der Waals surface area contributed by atoms with Gasteiger partial charge in [-0.05, 0) is 42.4 Å². The first-order chi connectivity index (χ1) is 4.62. The molecule has 0 radical (unpaired) electrons. The van der Waals surface area contributed by atoms with Gasteiger partial charge in [-0.25, -0.2) is 0 Å². The second kappa shape index (κ2) is 1.78. The van der Waals surface area contributed by atoms with Crippen LogP contribution in [0.25, 0.3) is 0 Å². The zero-order valence-electron chi connectivity index (χ0n) is 7.35. The highest BCUT2D eigenvalue weighted by atomic mass is 14.6. The molecule has 0 bridgehead atoms. The molecule has 58 valence electrons. The summed E-state index contributed by atoms with van der Waals surface area (Å²) in [5.74, 6) is 3.23. The first-order valence-corrected chi connectivity index (χ1v) is 4.62. The van der Waals surface area contributed by atoms with E-state index in [9.17, 15) is 0 Å². The predicted molar refractivity (Wildman–Crippen MR) is 43.8 cm³/mol. The van der Waals surface area contributed by atoms with Crippen LogP contribution in [0.2, 0.25) is 0 Å². The van der Waals surface area contributed by atoms with E-state index < -0.39 is 0 Å². The molecule has 2 saturated carbocycles. The Morgan fingerprint density at radius 1 is 1.50 bits per heavy atom. The van der Waals surface area contributed by atoms with Gasteiger partial charge in [0.15, 0.2) is 0 Å². The van der Waals surface area contributed by atoms with Crippen LogP contribution in [0.15, 0.2) is 0 Å². The Kier molecular flexibility index (Phi) is 1.19. The zero-order chi connectivity index (χ0) is 7.35. The minimum atomic E-state index is 0.777. The van der Waals surface area contributed by atoms with E-state index in [0.717, 1.165) is 17.3 Å². The molecule has 2 rings (SSSR count). The lowest BCUT2D eigenvalue weighted by Crippen LogP contribution is -2.30. The van der Waals surface area contributed by atoms with E-state index in [1.54, 1.807) is 6.42 Å². The average molecular weight is 138 g/mol. The molecule has 0 amide bonds. The molecule has 10 heavy (non-hydrogen) atoms. The minimum absolute atomic E-state index is 0.777. The Hall–Kier alpha value is 0. The highest BCUT2D eigenvalue weighted by Gasteiger charge is 2.60. The summed E-state index contributed by atoms with van der Waals surface area (Å²) in [6.07, 6.45) is 4.56. The number of hydrogen-bond donors (Lipinski definition) is 0. The normalized spacial score (nSPS) is 50.4. The van der Waals surface area contributed by atoms with E-state index in [1.807, 2.05) is 0 Å². The van der Waals surface area contributed by atoms with Crippen LogP contribution in [-0.4, -0.2) is 0 Å². The van der Waals surface area contributed by atoms with Crippen molar-refractivity contribution in [2.24, 2.45) is 23.2 Å². The summed E-state index contributed by atoms with van der Waals surface area (Å²) in [4.78, 5) is 0. The Balaban J connectivity index is 1.91. The molecule has 0 saturated heterocycles. The third-order valence-corrected chi connectivity index (χ3v) is 3.42. The summed E-state index contributed by atoms with van der Waals surface area (Å²) in [7, 11) is 0. The summed E-state index contributed by atoms with van der Waals surface area (Å²) in [6.45, 7) is 7.18. The van der Waals surface area contributed by atoms with Gasteiger partial charge in [0, 0.05) is 0 Å². The second-order valence-corrected chi connectivity index (χ2v) is 5.06. The van der Waals surface area contributed by atoms with Crippen molar-refractivity contribution >= 4 is 0 Å². The van der Waals surface area contributed by atoms with Crippen LogP contribution in [0.3, 0.4) is 0 Å². The van der Waals surface area contributed by atoms with Gasteiger partial charge in [-0.3, -0.25) is 0 Å². The monoisotopic (exact) mass is 138 g/mol. The summed E-state index contributed by atoms with van der Waals surface area (Å²) in [5.41, 5.74) is 0.777. The fourth-order valence-electron chi connectivity index (χ4n) is 3.08. The van der Waals surface area contributed by atoms with E-state index in [4.69, 9.17) is 0 Å². The third-order valence-electron chi connectivity index (χ3n) is 3.42. The molecule has 0 spiro atoms. The van der Waals surface area contributed by atoms with Crippen molar-refractivity contribution in [1.82, 2.24) is 0 Å². The standard InChI is InChI=1S/C10H18/c1-7(2)5-10(3)6-8-4-9(8)10/h7-9H,4-6H2,1-3H3. The predicted octanol–water partition coefficient (Wildman–Crippen LogP) is 3.08. The van der Waals surface area contributed by atoms with E-state index in [2.05, 4.69) is 20.8 Å². The maximum absolute atomic E-state index is 2.49. The van der Waals surface area contributed by atoms with E-state index in [1.165, 1.54) is 18.8 Å². The largest absolute Gasteiger partial charge is 0.0628 e. The van der Waals surface area contributed by atoms with Crippen molar-refractivity contribution in [3.63, 3.8) is 0 Å². The van der Waals surface area contributed by atoms with Crippen molar-refractivity contribution in [3.05, 3.63) is 0 Å². The molecule has 0 heteroatoms. The SMILES string of the molecule is CC(C)CC1(C)CC2CC21. The number of rotatable bonds is 2. The lowest BCUT2D eigenvalue weighted by atomic mass is 9.66. The van der Waals surface area contributed by atoms with Gasteiger partial charge >= 0.3 is 0 Å². The van der Waals surface area contributed by atoms with Crippen molar-refractivity contribution < 1.29 is 0 Å². The van der Waals surface area contributed by atoms with Crippen molar-refractivity contribution in [3.8, 4) is 0 Å². The summed E-state index contributed by atoms with van der Waals surface area (Å²) < 4.78 is 0. The molecule has 0 N–H and O–H groups in total. The first-order valence-electron chi connectivity index (χ1n) is 4.62. The van der Waals surface area contributed by atoms with Crippen LogP contribution in [0.5, 0.6) is 0 Å². The van der Waals surface area contributed by atoms with Gasteiger partial charge in [-0.1, -0.05) is 20.8 Å². The molecular formula is C10H18. The molecule has 2 aliphatic carbocycles. The molecule has 0 heterocycles. The van der Waals surface area contributed by atoms with Gasteiger partial charge in [0.2, 0.25) is 0 Å². The van der Waals surface area contributed by atoms with Gasteiger partial charge in [-0.15, -0.1) is 0 Å². The number of fused-ring (bicyclic) bond motifs is 1. The van der Waals surface area contributed by atoms with Crippen LogP contribution in [0.4, 0.5) is 0 Å². The highest BCUT2D eigenvalue weighted by molar-refractivity contribution is 5.09. The fourth-order valence-corrected chi connectivity index (χ4v) is 3.08. The van der Waals surface area contributed by atoms with Gasteiger partial charge < -0.3 is 0 Å². The van der Waals surface area contributed by atoms with Gasteiger partial charge in [0.05, 0.1) is 0 Å². The molecule has 3 atom stereocenters. The quantitative estimate of drug-likeness (QED) is 0.550. The topological polar surface area (TPSA) is 0 Å². The maximum atomic E-state index is 2.49. The van der Waals surface area contributed by atoms with E-state index >= 15 is 0 Å². The van der Waals surface area contributed by atoms with Crippen LogP contribution >= 0.6 is 0 Å². The Morgan fingerprint density at radius 3 is 2.50 bits per heavy atom.